The summed E-state index contributed by atoms with van der Waals surface area (Å²) in [5.74, 6) is 0.198. The van der Waals surface area contributed by atoms with Crippen molar-refractivity contribution in [3.05, 3.63) is 34.6 Å². The lowest BCUT2D eigenvalue weighted by molar-refractivity contribution is -0.119. The number of sulfone groups is 1. The summed E-state index contributed by atoms with van der Waals surface area (Å²) in [5.41, 5.74) is 0.492. The van der Waals surface area contributed by atoms with Gasteiger partial charge in [0.05, 0.1) is 28.2 Å². The summed E-state index contributed by atoms with van der Waals surface area (Å²) in [6.45, 7) is 4.55. The maximum absolute atomic E-state index is 12.8. The molecule has 146 valence electrons. The van der Waals surface area contributed by atoms with Crippen LogP contribution in [0.25, 0.3) is 10.9 Å². The first-order valence-corrected chi connectivity index (χ1v) is 11.7. The van der Waals surface area contributed by atoms with Gasteiger partial charge in [0, 0.05) is 12.6 Å². The Morgan fingerprint density at radius 2 is 2.11 bits per heavy atom. The summed E-state index contributed by atoms with van der Waals surface area (Å²) in [7, 11) is -3.04. The van der Waals surface area contributed by atoms with Gasteiger partial charge in [0.15, 0.2) is 15.0 Å². The highest BCUT2D eigenvalue weighted by molar-refractivity contribution is 7.99. The zero-order chi connectivity index (χ0) is 19.6. The molecule has 2 aromatic rings. The fourth-order valence-corrected chi connectivity index (χ4v) is 5.59. The van der Waals surface area contributed by atoms with Gasteiger partial charge in [-0.3, -0.25) is 14.2 Å². The molecule has 1 N–H and O–H groups in total. The second-order valence-electron chi connectivity index (χ2n) is 7.18. The van der Waals surface area contributed by atoms with Crippen LogP contribution in [0.3, 0.4) is 0 Å². The maximum Gasteiger partial charge on any atom is 0.262 e. The lowest BCUT2D eigenvalue weighted by Crippen LogP contribution is -2.37. The maximum atomic E-state index is 12.8. The Morgan fingerprint density at radius 3 is 2.78 bits per heavy atom. The van der Waals surface area contributed by atoms with Gasteiger partial charge in [-0.2, -0.15) is 0 Å². The molecule has 1 aromatic carbocycles. The molecule has 1 fully saturated rings. The number of hydrogen-bond donors (Lipinski definition) is 1. The smallest absolute Gasteiger partial charge is 0.262 e. The van der Waals surface area contributed by atoms with Crippen LogP contribution >= 0.6 is 11.8 Å². The lowest BCUT2D eigenvalue weighted by atomic mass is 10.2. The van der Waals surface area contributed by atoms with Crippen LogP contribution in [0.1, 0.15) is 20.3 Å². The van der Waals surface area contributed by atoms with Crippen LogP contribution in [0.5, 0.6) is 0 Å². The molecule has 1 unspecified atom stereocenters. The topological polar surface area (TPSA) is 98.1 Å². The van der Waals surface area contributed by atoms with Crippen molar-refractivity contribution >= 4 is 38.4 Å². The second kappa shape index (κ2) is 8.02. The summed E-state index contributed by atoms with van der Waals surface area (Å²) in [6, 6.07) is 6.84. The van der Waals surface area contributed by atoms with Gasteiger partial charge in [-0.05, 0) is 24.5 Å². The van der Waals surface area contributed by atoms with Gasteiger partial charge in [0.2, 0.25) is 5.91 Å². The van der Waals surface area contributed by atoms with Crippen molar-refractivity contribution in [1.82, 2.24) is 14.9 Å². The highest BCUT2D eigenvalue weighted by Gasteiger charge is 2.28. The molecule has 0 spiro atoms. The van der Waals surface area contributed by atoms with E-state index >= 15 is 0 Å². The third kappa shape index (κ3) is 4.90. The molecule has 0 aliphatic carbocycles. The van der Waals surface area contributed by atoms with Gasteiger partial charge in [0.1, 0.15) is 0 Å². The van der Waals surface area contributed by atoms with E-state index in [1.807, 2.05) is 19.9 Å². The number of amides is 1. The quantitative estimate of drug-likeness (QED) is 0.573. The normalized spacial score (nSPS) is 18.9. The minimum atomic E-state index is -3.04. The van der Waals surface area contributed by atoms with Gasteiger partial charge in [-0.15, -0.1) is 0 Å². The van der Waals surface area contributed by atoms with E-state index in [-0.39, 0.29) is 40.7 Å². The number of fused-ring (bicyclic) bond motifs is 1. The highest BCUT2D eigenvalue weighted by atomic mass is 32.2. The zero-order valence-corrected chi connectivity index (χ0v) is 17.0. The fourth-order valence-electron chi connectivity index (χ4n) is 3.09. The van der Waals surface area contributed by atoms with Gasteiger partial charge in [-0.1, -0.05) is 37.7 Å². The molecule has 1 saturated heterocycles. The van der Waals surface area contributed by atoms with Gasteiger partial charge < -0.3 is 5.32 Å². The summed E-state index contributed by atoms with van der Waals surface area (Å²) >= 11 is 1.20. The van der Waals surface area contributed by atoms with E-state index in [0.29, 0.717) is 29.0 Å². The second-order valence-corrected chi connectivity index (χ2v) is 10.3. The molecule has 1 atom stereocenters. The Hall–Kier alpha value is -1.87. The number of nitrogens with zero attached hydrogens (tertiary/aromatic N) is 2. The minimum absolute atomic E-state index is 0.00428. The van der Waals surface area contributed by atoms with Gasteiger partial charge in [-0.25, -0.2) is 13.4 Å². The molecule has 1 aliphatic heterocycles. The van der Waals surface area contributed by atoms with Crippen LogP contribution < -0.4 is 10.9 Å². The van der Waals surface area contributed by atoms with E-state index in [0.717, 1.165) is 0 Å². The number of carbonyl (C=O) groups excluding carboxylic acids is 1. The molecule has 1 aliphatic rings. The van der Waals surface area contributed by atoms with Crippen molar-refractivity contribution in [2.75, 3.05) is 17.3 Å². The van der Waals surface area contributed by atoms with Crippen molar-refractivity contribution in [2.45, 2.75) is 38.0 Å². The number of para-hydroxylation sites is 1. The van der Waals surface area contributed by atoms with Crippen molar-refractivity contribution in [3.63, 3.8) is 0 Å². The lowest BCUT2D eigenvalue weighted by Gasteiger charge is -2.15. The predicted octanol–water partition coefficient (Wildman–Crippen LogP) is 1.45. The highest BCUT2D eigenvalue weighted by Crippen LogP contribution is 2.19. The van der Waals surface area contributed by atoms with Gasteiger partial charge >= 0.3 is 0 Å². The van der Waals surface area contributed by atoms with Crippen LogP contribution in [0.4, 0.5) is 0 Å². The molecule has 0 saturated carbocycles. The molecular weight excluding hydrogens is 386 g/mol. The van der Waals surface area contributed by atoms with Crippen LogP contribution in [-0.4, -0.2) is 47.2 Å². The largest absolute Gasteiger partial charge is 0.352 e. The number of benzene rings is 1. The molecule has 27 heavy (non-hydrogen) atoms. The van der Waals surface area contributed by atoms with Crippen molar-refractivity contribution in [3.8, 4) is 0 Å². The van der Waals surface area contributed by atoms with Crippen LogP contribution in [0, 0.1) is 5.92 Å². The summed E-state index contributed by atoms with van der Waals surface area (Å²) in [5, 5.41) is 3.82. The first kappa shape index (κ1) is 19.9. The Labute approximate surface area is 162 Å². The van der Waals surface area contributed by atoms with E-state index in [2.05, 4.69) is 10.3 Å². The number of hydrogen-bond acceptors (Lipinski definition) is 6. The molecule has 9 heteroatoms. The minimum Gasteiger partial charge on any atom is -0.352 e. The van der Waals surface area contributed by atoms with Crippen LogP contribution in [0.2, 0.25) is 0 Å². The molecule has 1 amide bonds. The monoisotopic (exact) mass is 409 g/mol. The first-order chi connectivity index (χ1) is 12.7. The number of thioether (sulfide) groups is 1. The number of rotatable bonds is 6. The van der Waals surface area contributed by atoms with E-state index in [4.69, 9.17) is 0 Å². The van der Waals surface area contributed by atoms with Crippen LogP contribution in [-0.2, 0) is 21.2 Å². The molecule has 7 nitrogen and oxygen atoms in total. The average Bonchev–Trinajstić information content (AvgIpc) is 2.94. The number of nitrogens with one attached hydrogen (secondary N) is 1. The third-order valence-electron chi connectivity index (χ3n) is 4.30. The van der Waals surface area contributed by atoms with E-state index < -0.39 is 9.84 Å². The fraction of sp³-hybridized carbons (Fsp3) is 0.500. The van der Waals surface area contributed by atoms with Crippen LogP contribution in [0.15, 0.2) is 34.2 Å². The molecule has 2 heterocycles. The van der Waals surface area contributed by atoms with E-state index in [1.165, 1.54) is 11.8 Å². The Morgan fingerprint density at radius 1 is 1.37 bits per heavy atom. The Bertz CT molecular complexity index is 1010. The summed E-state index contributed by atoms with van der Waals surface area (Å²) in [6.07, 6.45) is 0.449. The molecular formula is C18H23N3O4S2. The van der Waals surface area contributed by atoms with E-state index in [9.17, 15) is 18.0 Å². The zero-order valence-electron chi connectivity index (χ0n) is 15.3. The van der Waals surface area contributed by atoms with Crippen molar-refractivity contribution in [2.24, 2.45) is 5.92 Å². The summed E-state index contributed by atoms with van der Waals surface area (Å²) in [4.78, 5) is 29.6. The Kier molecular flexibility index (Phi) is 5.90. The predicted molar refractivity (Wildman–Crippen MR) is 107 cm³/mol. The Balaban J connectivity index is 1.77. The SMILES string of the molecule is CC(C)Cn1c(SCC(=O)NC2CCS(=O)(=O)C2)nc2ccccc2c1=O. The molecule has 0 bridgehead atoms. The van der Waals surface area contributed by atoms with Crippen molar-refractivity contribution in [1.29, 1.82) is 0 Å². The molecule has 0 radical (unpaired) electrons. The first-order valence-electron chi connectivity index (χ1n) is 8.87. The number of aromatic nitrogens is 2. The average molecular weight is 410 g/mol. The van der Waals surface area contributed by atoms with Crippen molar-refractivity contribution < 1.29 is 13.2 Å². The van der Waals surface area contributed by atoms with E-state index in [1.54, 1.807) is 22.8 Å². The third-order valence-corrected chi connectivity index (χ3v) is 7.05. The van der Waals surface area contributed by atoms with Gasteiger partial charge in [0.25, 0.3) is 5.56 Å². The molecule has 1 aromatic heterocycles. The number of carbonyl (C=O) groups is 1. The summed E-state index contributed by atoms with van der Waals surface area (Å²) < 4.78 is 24.6. The standard InChI is InChI=1S/C18H23N3O4S2/c1-12(2)9-21-17(23)14-5-3-4-6-15(14)20-18(21)26-10-16(22)19-13-7-8-27(24,25)11-13/h3-6,12-13H,7-11H2,1-2H3,(H,19,22). The molecule has 3 rings (SSSR count).